The topological polar surface area (TPSA) is 51.8 Å². The SMILES string of the molecule is CC1(C)c2ccc(-c3cccc(-c4ccccc4)c3)cc2-c2ccc(-c3nc(-c4ccccc4)nc(-c4cccc5oc6ccccc6c45)n3)cc2C1(C)C. The van der Waals surface area contributed by atoms with Crippen LogP contribution in [0.5, 0.6) is 0 Å². The summed E-state index contributed by atoms with van der Waals surface area (Å²) in [5.41, 5.74) is 14.1. The molecule has 0 atom stereocenters. The number of benzene rings is 7. The van der Waals surface area contributed by atoms with E-state index in [1.807, 2.05) is 48.5 Å². The lowest BCUT2D eigenvalue weighted by Gasteiger charge is -2.48. The number of para-hydroxylation sites is 1. The van der Waals surface area contributed by atoms with Crippen LogP contribution in [-0.4, -0.2) is 15.0 Å². The lowest BCUT2D eigenvalue weighted by Crippen LogP contribution is -2.43. The fourth-order valence-electron chi connectivity index (χ4n) is 8.41. The Labute approximate surface area is 321 Å². The fraction of sp³-hybridized carbons (Fsp3) is 0.118. The number of fused-ring (bicyclic) bond motifs is 6. The van der Waals surface area contributed by atoms with Crippen molar-refractivity contribution in [3.63, 3.8) is 0 Å². The normalized spacial score (nSPS) is 14.1. The number of hydrogen-bond acceptors (Lipinski definition) is 4. The van der Waals surface area contributed by atoms with Gasteiger partial charge in [-0.3, -0.25) is 0 Å². The van der Waals surface area contributed by atoms with Crippen LogP contribution in [0.1, 0.15) is 38.8 Å². The highest BCUT2D eigenvalue weighted by atomic mass is 16.3. The average Bonchev–Trinajstić information content (AvgIpc) is 3.62. The fourth-order valence-corrected chi connectivity index (χ4v) is 8.41. The van der Waals surface area contributed by atoms with Gasteiger partial charge in [0.2, 0.25) is 0 Å². The van der Waals surface area contributed by atoms with Gasteiger partial charge in [0.1, 0.15) is 11.2 Å². The molecule has 0 spiro atoms. The molecule has 0 amide bonds. The largest absolute Gasteiger partial charge is 0.456 e. The van der Waals surface area contributed by atoms with Crippen molar-refractivity contribution in [2.24, 2.45) is 0 Å². The molecule has 0 unspecified atom stereocenters. The van der Waals surface area contributed by atoms with Gasteiger partial charge in [-0.15, -0.1) is 0 Å². The minimum absolute atomic E-state index is 0.157. The zero-order valence-electron chi connectivity index (χ0n) is 31.3. The van der Waals surface area contributed by atoms with Crippen molar-refractivity contribution in [3.05, 3.63) is 175 Å². The molecule has 0 radical (unpaired) electrons. The lowest BCUT2D eigenvalue weighted by atomic mass is 9.55. The summed E-state index contributed by atoms with van der Waals surface area (Å²) in [4.78, 5) is 15.5. The first-order valence-corrected chi connectivity index (χ1v) is 18.9. The Balaban J connectivity index is 1.14. The molecule has 10 rings (SSSR count). The second kappa shape index (κ2) is 12.5. The summed E-state index contributed by atoms with van der Waals surface area (Å²) < 4.78 is 6.27. The van der Waals surface area contributed by atoms with Crippen molar-refractivity contribution in [3.8, 4) is 67.5 Å². The molecule has 0 bridgehead atoms. The second-order valence-electron chi connectivity index (χ2n) is 15.7. The Morgan fingerprint density at radius 1 is 0.364 bits per heavy atom. The van der Waals surface area contributed by atoms with Gasteiger partial charge in [-0.1, -0.05) is 161 Å². The van der Waals surface area contributed by atoms with Crippen LogP contribution in [0.4, 0.5) is 0 Å². The van der Waals surface area contributed by atoms with Crippen LogP contribution in [0.2, 0.25) is 0 Å². The van der Waals surface area contributed by atoms with Gasteiger partial charge < -0.3 is 4.42 Å². The van der Waals surface area contributed by atoms with E-state index in [0.717, 1.165) is 38.6 Å². The maximum absolute atomic E-state index is 6.27. The molecule has 0 N–H and O–H groups in total. The van der Waals surface area contributed by atoms with Gasteiger partial charge >= 0.3 is 0 Å². The van der Waals surface area contributed by atoms with E-state index in [1.165, 1.54) is 44.5 Å². The minimum atomic E-state index is -0.195. The minimum Gasteiger partial charge on any atom is -0.456 e. The van der Waals surface area contributed by atoms with Gasteiger partial charge in [0.15, 0.2) is 17.5 Å². The Morgan fingerprint density at radius 3 is 1.71 bits per heavy atom. The summed E-state index contributed by atoms with van der Waals surface area (Å²) in [6, 6.07) is 57.7. The highest BCUT2D eigenvalue weighted by Crippen LogP contribution is 2.55. The smallest absolute Gasteiger partial charge is 0.164 e. The molecule has 2 aromatic heterocycles. The molecule has 0 fully saturated rings. The molecule has 0 saturated heterocycles. The first kappa shape index (κ1) is 33.0. The Hall–Kier alpha value is -6.65. The van der Waals surface area contributed by atoms with Gasteiger partial charge in [0.25, 0.3) is 0 Å². The first-order chi connectivity index (χ1) is 26.8. The molecule has 4 nitrogen and oxygen atoms in total. The van der Waals surface area contributed by atoms with Crippen molar-refractivity contribution in [1.82, 2.24) is 15.0 Å². The van der Waals surface area contributed by atoms with E-state index in [0.29, 0.717) is 17.5 Å². The van der Waals surface area contributed by atoms with E-state index < -0.39 is 0 Å². The van der Waals surface area contributed by atoms with Crippen molar-refractivity contribution >= 4 is 21.9 Å². The number of hydrogen-bond donors (Lipinski definition) is 0. The molecular weight excluding hydrogens is 671 g/mol. The Kier molecular flexibility index (Phi) is 7.47. The molecule has 2 heterocycles. The van der Waals surface area contributed by atoms with Crippen LogP contribution >= 0.6 is 0 Å². The Morgan fingerprint density at radius 2 is 0.927 bits per heavy atom. The van der Waals surface area contributed by atoms with Crippen molar-refractivity contribution in [1.29, 1.82) is 0 Å². The van der Waals surface area contributed by atoms with Gasteiger partial charge in [0.05, 0.1) is 0 Å². The molecule has 264 valence electrons. The molecule has 55 heavy (non-hydrogen) atoms. The maximum Gasteiger partial charge on any atom is 0.164 e. The molecule has 1 aliphatic carbocycles. The summed E-state index contributed by atoms with van der Waals surface area (Å²) in [7, 11) is 0. The summed E-state index contributed by atoms with van der Waals surface area (Å²) >= 11 is 0. The van der Waals surface area contributed by atoms with Crippen LogP contribution in [0.3, 0.4) is 0 Å². The molecule has 1 aliphatic rings. The zero-order valence-corrected chi connectivity index (χ0v) is 31.3. The standard InChI is InChI=1S/C51H39N3O/c1-50(2)42-28-26-36(35-20-13-19-34(29-35)32-15-7-5-8-16-32)30-41(42)38-27-25-37(31-43(38)51(50,3)4)48-52-47(33-17-9-6-10-18-33)53-49(54-48)40-22-14-24-45-46(40)39-21-11-12-23-44(39)55-45/h5-31H,1-4H3. The zero-order chi connectivity index (χ0) is 37.3. The predicted molar refractivity (Wildman–Crippen MR) is 226 cm³/mol. The summed E-state index contributed by atoms with van der Waals surface area (Å²) in [5, 5.41) is 2.04. The average molecular weight is 710 g/mol. The molecule has 0 saturated carbocycles. The van der Waals surface area contributed by atoms with Gasteiger partial charge in [-0.05, 0) is 85.7 Å². The van der Waals surface area contributed by atoms with Gasteiger partial charge in [-0.2, -0.15) is 0 Å². The third kappa shape index (κ3) is 5.32. The highest BCUT2D eigenvalue weighted by Gasteiger charge is 2.46. The van der Waals surface area contributed by atoms with E-state index in [2.05, 4.69) is 143 Å². The second-order valence-corrected chi connectivity index (χ2v) is 15.7. The molecular formula is C51H39N3O. The molecule has 9 aromatic rings. The van der Waals surface area contributed by atoms with E-state index in [9.17, 15) is 0 Å². The van der Waals surface area contributed by atoms with Crippen LogP contribution < -0.4 is 0 Å². The molecule has 4 heteroatoms. The van der Waals surface area contributed by atoms with Crippen LogP contribution in [0.15, 0.2) is 168 Å². The molecule has 7 aromatic carbocycles. The van der Waals surface area contributed by atoms with Crippen molar-refractivity contribution in [2.75, 3.05) is 0 Å². The monoisotopic (exact) mass is 709 g/mol. The summed E-state index contributed by atoms with van der Waals surface area (Å²) in [6.07, 6.45) is 0. The van der Waals surface area contributed by atoms with Crippen LogP contribution in [0, 0.1) is 0 Å². The van der Waals surface area contributed by atoms with E-state index in [4.69, 9.17) is 19.4 Å². The van der Waals surface area contributed by atoms with Crippen molar-refractivity contribution in [2.45, 2.75) is 38.5 Å². The van der Waals surface area contributed by atoms with Gasteiger partial charge in [-0.25, -0.2) is 15.0 Å². The quantitative estimate of drug-likeness (QED) is 0.178. The number of nitrogens with zero attached hydrogens (tertiary/aromatic N) is 3. The number of aromatic nitrogens is 3. The van der Waals surface area contributed by atoms with Crippen LogP contribution in [-0.2, 0) is 10.8 Å². The summed E-state index contributed by atoms with van der Waals surface area (Å²) in [6.45, 7) is 9.49. The van der Waals surface area contributed by atoms with Crippen LogP contribution in [0.25, 0.3) is 89.5 Å². The summed E-state index contributed by atoms with van der Waals surface area (Å²) in [5.74, 6) is 1.89. The third-order valence-electron chi connectivity index (χ3n) is 12.1. The van der Waals surface area contributed by atoms with Gasteiger partial charge in [0, 0.05) is 27.5 Å². The highest BCUT2D eigenvalue weighted by molar-refractivity contribution is 6.11. The van der Waals surface area contributed by atoms with E-state index >= 15 is 0 Å². The van der Waals surface area contributed by atoms with Crippen molar-refractivity contribution < 1.29 is 4.42 Å². The first-order valence-electron chi connectivity index (χ1n) is 18.9. The van der Waals surface area contributed by atoms with E-state index in [-0.39, 0.29) is 10.8 Å². The maximum atomic E-state index is 6.27. The predicted octanol–water partition coefficient (Wildman–Crippen LogP) is 13.3. The Bertz CT molecular complexity index is 2920. The number of rotatable bonds is 5. The number of furan rings is 1. The lowest BCUT2D eigenvalue weighted by molar-refractivity contribution is 0.299. The van der Waals surface area contributed by atoms with E-state index in [1.54, 1.807) is 0 Å². The molecule has 0 aliphatic heterocycles. The third-order valence-corrected chi connectivity index (χ3v) is 12.1.